The number of hydrogen-bond acceptors (Lipinski definition) is 3. The van der Waals surface area contributed by atoms with Crippen LogP contribution in [0.1, 0.15) is 35.7 Å². The molecule has 0 aliphatic carbocycles. The number of rotatable bonds is 4. The Balaban J connectivity index is 2.24. The van der Waals surface area contributed by atoms with Gasteiger partial charge in [-0.15, -0.1) is 0 Å². The summed E-state index contributed by atoms with van der Waals surface area (Å²) in [4.78, 5) is 11.5. The number of hydrogen-bond donors (Lipinski definition) is 2. The van der Waals surface area contributed by atoms with Gasteiger partial charge in [0.15, 0.2) is 0 Å². The predicted molar refractivity (Wildman–Crippen MR) is 84.8 cm³/mol. The van der Waals surface area contributed by atoms with Gasteiger partial charge in [0.05, 0.1) is 5.69 Å². The number of amides is 1. The van der Waals surface area contributed by atoms with Crippen molar-refractivity contribution in [3.8, 4) is 11.5 Å². The lowest BCUT2D eigenvalue weighted by Gasteiger charge is -2.12. The highest BCUT2D eigenvalue weighted by molar-refractivity contribution is 5.95. The zero-order valence-electron chi connectivity index (χ0n) is 12.5. The lowest BCUT2D eigenvalue weighted by molar-refractivity contribution is 0.0963. The standard InChI is InChI=1S/C17H20N2O2/c1-11(2)12-5-4-6-14(9-12)21-16-8-7-13(10-15(16)18)17(20)19-3/h4-11H,18H2,1-3H3,(H,19,20). The van der Waals surface area contributed by atoms with Gasteiger partial charge >= 0.3 is 0 Å². The Morgan fingerprint density at radius 1 is 1.19 bits per heavy atom. The number of carbonyl (C=O) groups excluding carboxylic acids is 1. The third-order valence-electron chi connectivity index (χ3n) is 3.25. The molecule has 0 saturated carbocycles. The maximum Gasteiger partial charge on any atom is 0.251 e. The molecule has 0 fully saturated rings. The monoisotopic (exact) mass is 284 g/mol. The molecular formula is C17H20N2O2. The smallest absolute Gasteiger partial charge is 0.251 e. The van der Waals surface area contributed by atoms with Crippen molar-refractivity contribution >= 4 is 11.6 Å². The molecule has 0 bridgehead atoms. The van der Waals surface area contributed by atoms with Gasteiger partial charge in [0.2, 0.25) is 0 Å². The summed E-state index contributed by atoms with van der Waals surface area (Å²) in [5.74, 6) is 1.54. The van der Waals surface area contributed by atoms with Crippen LogP contribution in [-0.2, 0) is 0 Å². The summed E-state index contributed by atoms with van der Waals surface area (Å²) >= 11 is 0. The number of anilines is 1. The summed E-state index contributed by atoms with van der Waals surface area (Å²) in [6.45, 7) is 4.26. The molecule has 2 aromatic carbocycles. The van der Waals surface area contributed by atoms with E-state index in [0.29, 0.717) is 22.9 Å². The summed E-state index contributed by atoms with van der Waals surface area (Å²) in [7, 11) is 1.58. The summed E-state index contributed by atoms with van der Waals surface area (Å²) in [6, 6.07) is 12.9. The van der Waals surface area contributed by atoms with Gasteiger partial charge < -0.3 is 15.8 Å². The average Bonchev–Trinajstić information content (AvgIpc) is 2.48. The second-order valence-corrected chi connectivity index (χ2v) is 5.16. The van der Waals surface area contributed by atoms with Crippen molar-refractivity contribution in [3.05, 3.63) is 53.6 Å². The number of nitrogens with one attached hydrogen (secondary N) is 1. The quantitative estimate of drug-likeness (QED) is 0.844. The highest BCUT2D eigenvalue weighted by atomic mass is 16.5. The molecule has 0 spiro atoms. The van der Waals surface area contributed by atoms with Crippen LogP contribution < -0.4 is 15.8 Å². The second kappa shape index (κ2) is 6.31. The van der Waals surface area contributed by atoms with Crippen LogP contribution in [0.5, 0.6) is 11.5 Å². The minimum Gasteiger partial charge on any atom is -0.455 e. The molecule has 0 unspecified atom stereocenters. The molecule has 4 nitrogen and oxygen atoms in total. The van der Waals surface area contributed by atoms with E-state index >= 15 is 0 Å². The van der Waals surface area contributed by atoms with E-state index in [4.69, 9.17) is 10.5 Å². The third kappa shape index (κ3) is 3.54. The van der Waals surface area contributed by atoms with Crippen molar-refractivity contribution in [2.45, 2.75) is 19.8 Å². The maximum atomic E-state index is 11.5. The van der Waals surface area contributed by atoms with Gasteiger partial charge in [-0.05, 0) is 41.8 Å². The van der Waals surface area contributed by atoms with Crippen LogP contribution in [0.25, 0.3) is 0 Å². The average molecular weight is 284 g/mol. The normalized spacial score (nSPS) is 10.5. The first kappa shape index (κ1) is 14.9. The Morgan fingerprint density at radius 3 is 2.57 bits per heavy atom. The number of carbonyl (C=O) groups is 1. The van der Waals surface area contributed by atoms with Crippen LogP contribution in [0.4, 0.5) is 5.69 Å². The minimum absolute atomic E-state index is 0.171. The molecule has 0 aromatic heterocycles. The maximum absolute atomic E-state index is 11.5. The lowest BCUT2D eigenvalue weighted by Crippen LogP contribution is -2.17. The van der Waals surface area contributed by atoms with Crippen LogP contribution in [0.3, 0.4) is 0 Å². The SMILES string of the molecule is CNC(=O)c1ccc(Oc2cccc(C(C)C)c2)c(N)c1. The Hall–Kier alpha value is -2.49. The van der Waals surface area contributed by atoms with Crippen LogP contribution in [-0.4, -0.2) is 13.0 Å². The fraction of sp³-hybridized carbons (Fsp3) is 0.235. The van der Waals surface area contributed by atoms with E-state index in [-0.39, 0.29) is 5.91 Å². The van der Waals surface area contributed by atoms with Gasteiger partial charge in [0, 0.05) is 12.6 Å². The predicted octanol–water partition coefficient (Wildman–Crippen LogP) is 3.54. The number of ether oxygens (including phenoxy) is 1. The topological polar surface area (TPSA) is 64.3 Å². The van der Waals surface area contributed by atoms with Gasteiger partial charge in [-0.2, -0.15) is 0 Å². The summed E-state index contributed by atoms with van der Waals surface area (Å²) in [5.41, 5.74) is 8.10. The largest absolute Gasteiger partial charge is 0.455 e. The molecule has 2 aromatic rings. The van der Waals surface area contributed by atoms with Gasteiger partial charge in [-0.25, -0.2) is 0 Å². The van der Waals surface area contributed by atoms with E-state index in [9.17, 15) is 4.79 Å². The fourth-order valence-corrected chi connectivity index (χ4v) is 1.99. The molecule has 0 aliphatic heterocycles. The van der Waals surface area contributed by atoms with E-state index < -0.39 is 0 Å². The Kier molecular flexibility index (Phi) is 4.48. The van der Waals surface area contributed by atoms with Crippen molar-refractivity contribution < 1.29 is 9.53 Å². The van der Waals surface area contributed by atoms with Gasteiger partial charge in [0.25, 0.3) is 5.91 Å². The molecule has 0 saturated heterocycles. The Bertz CT molecular complexity index is 651. The number of nitrogen functional groups attached to an aromatic ring is 1. The van der Waals surface area contributed by atoms with Gasteiger partial charge in [-0.3, -0.25) is 4.79 Å². The molecule has 0 radical (unpaired) electrons. The lowest BCUT2D eigenvalue weighted by atomic mass is 10.0. The van der Waals surface area contributed by atoms with E-state index in [0.717, 1.165) is 5.75 Å². The van der Waals surface area contributed by atoms with Crippen molar-refractivity contribution in [1.82, 2.24) is 5.32 Å². The Morgan fingerprint density at radius 2 is 1.95 bits per heavy atom. The molecule has 3 N–H and O–H groups in total. The van der Waals surface area contributed by atoms with Crippen molar-refractivity contribution in [1.29, 1.82) is 0 Å². The minimum atomic E-state index is -0.171. The summed E-state index contributed by atoms with van der Waals surface area (Å²) in [6.07, 6.45) is 0. The second-order valence-electron chi connectivity index (χ2n) is 5.16. The third-order valence-corrected chi connectivity index (χ3v) is 3.25. The fourth-order valence-electron chi connectivity index (χ4n) is 1.99. The van der Waals surface area contributed by atoms with Crippen molar-refractivity contribution in [3.63, 3.8) is 0 Å². The van der Waals surface area contributed by atoms with Crippen LogP contribution in [0.2, 0.25) is 0 Å². The molecule has 0 heterocycles. The molecule has 21 heavy (non-hydrogen) atoms. The molecule has 4 heteroatoms. The summed E-state index contributed by atoms with van der Waals surface area (Å²) < 4.78 is 5.81. The molecule has 110 valence electrons. The molecular weight excluding hydrogens is 264 g/mol. The first-order chi connectivity index (χ1) is 10.0. The van der Waals surface area contributed by atoms with Crippen LogP contribution in [0, 0.1) is 0 Å². The van der Waals surface area contributed by atoms with Gasteiger partial charge in [-0.1, -0.05) is 26.0 Å². The Labute approximate surface area is 124 Å². The number of benzene rings is 2. The number of nitrogens with two attached hydrogens (primary N) is 1. The van der Waals surface area contributed by atoms with Crippen LogP contribution in [0.15, 0.2) is 42.5 Å². The molecule has 1 amide bonds. The molecule has 2 rings (SSSR count). The highest BCUT2D eigenvalue weighted by Crippen LogP contribution is 2.29. The summed E-state index contributed by atoms with van der Waals surface area (Å²) in [5, 5.41) is 2.56. The van der Waals surface area contributed by atoms with Crippen LogP contribution >= 0.6 is 0 Å². The van der Waals surface area contributed by atoms with Crippen molar-refractivity contribution in [2.75, 3.05) is 12.8 Å². The zero-order chi connectivity index (χ0) is 15.4. The van der Waals surface area contributed by atoms with E-state index in [1.54, 1.807) is 25.2 Å². The van der Waals surface area contributed by atoms with Gasteiger partial charge in [0.1, 0.15) is 11.5 Å². The van der Waals surface area contributed by atoms with E-state index in [2.05, 4.69) is 25.2 Å². The first-order valence-electron chi connectivity index (χ1n) is 6.90. The first-order valence-corrected chi connectivity index (χ1v) is 6.90. The molecule has 0 atom stereocenters. The van der Waals surface area contributed by atoms with E-state index in [1.165, 1.54) is 5.56 Å². The highest BCUT2D eigenvalue weighted by Gasteiger charge is 2.09. The van der Waals surface area contributed by atoms with Crippen molar-refractivity contribution in [2.24, 2.45) is 0 Å². The molecule has 0 aliphatic rings. The zero-order valence-corrected chi connectivity index (χ0v) is 12.5. The van der Waals surface area contributed by atoms with E-state index in [1.807, 2.05) is 18.2 Å².